The molecule has 0 bridgehead atoms. The molecular formula is C20H16BrN3. The molecule has 118 valence electrons. The van der Waals surface area contributed by atoms with Gasteiger partial charge in [0.25, 0.3) is 0 Å². The summed E-state index contributed by atoms with van der Waals surface area (Å²) in [6.45, 7) is 0.757. The van der Waals surface area contributed by atoms with E-state index in [0.717, 1.165) is 33.7 Å². The Morgan fingerprint density at radius 3 is 2.42 bits per heavy atom. The molecule has 0 aliphatic rings. The molecule has 4 rings (SSSR count). The first-order chi connectivity index (χ1) is 11.8. The Hall–Kier alpha value is -2.59. The molecule has 2 heterocycles. The highest BCUT2D eigenvalue weighted by Gasteiger charge is 2.13. The quantitative estimate of drug-likeness (QED) is 0.517. The van der Waals surface area contributed by atoms with E-state index in [-0.39, 0.29) is 0 Å². The number of hydrogen-bond acceptors (Lipinski definition) is 2. The van der Waals surface area contributed by atoms with Crippen molar-refractivity contribution in [2.75, 3.05) is 5.32 Å². The molecular weight excluding hydrogens is 362 g/mol. The third-order valence-electron chi connectivity index (χ3n) is 3.95. The first-order valence-electron chi connectivity index (χ1n) is 7.82. The third-order valence-corrected chi connectivity index (χ3v) is 4.48. The van der Waals surface area contributed by atoms with Crippen LogP contribution in [0.2, 0.25) is 0 Å². The van der Waals surface area contributed by atoms with Crippen molar-refractivity contribution < 1.29 is 0 Å². The minimum atomic E-state index is 0.757. The second kappa shape index (κ2) is 6.49. The number of pyridine rings is 1. The van der Waals surface area contributed by atoms with Gasteiger partial charge in [0.1, 0.15) is 17.2 Å². The molecule has 0 saturated heterocycles. The summed E-state index contributed by atoms with van der Waals surface area (Å²) in [5, 5.41) is 3.55. The van der Waals surface area contributed by atoms with Gasteiger partial charge in [-0.25, -0.2) is 4.98 Å². The molecule has 0 unspecified atom stereocenters. The van der Waals surface area contributed by atoms with Crippen molar-refractivity contribution in [1.82, 2.24) is 9.38 Å². The summed E-state index contributed by atoms with van der Waals surface area (Å²) in [6, 6.07) is 24.7. The maximum absolute atomic E-state index is 4.81. The van der Waals surface area contributed by atoms with Gasteiger partial charge in [0.05, 0.1) is 0 Å². The zero-order valence-electron chi connectivity index (χ0n) is 13.0. The lowest BCUT2D eigenvalue weighted by atomic mass is 10.1. The molecule has 0 radical (unpaired) electrons. The number of benzene rings is 2. The summed E-state index contributed by atoms with van der Waals surface area (Å²) in [5.74, 6) is 1.01. The van der Waals surface area contributed by atoms with Crippen LogP contribution in [0.4, 0.5) is 5.82 Å². The third kappa shape index (κ3) is 2.93. The predicted molar refractivity (Wildman–Crippen MR) is 102 cm³/mol. The van der Waals surface area contributed by atoms with Gasteiger partial charge in [0, 0.05) is 22.8 Å². The molecule has 2 aromatic carbocycles. The van der Waals surface area contributed by atoms with E-state index in [1.807, 2.05) is 42.6 Å². The highest BCUT2D eigenvalue weighted by molar-refractivity contribution is 9.10. The standard InChI is InChI=1S/C20H16BrN3/c21-17-11-9-16(10-12-17)19-20(22-14-15-6-2-1-3-7-15)24-13-5-4-8-18(24)23-19/h1-13,22H,14H2. The highest BCUT2D eigenvalue weighted by atomic mass is 79.9. The first kappa shape index (κ1) is 15.0. The van der Waals surface area contributed by atoms with E-state index in [0.29, 0.717) is 0 Å². The predicted octanol–water partition coefficient (Wildman–Crippen LogP) is 5.38. The summed E-state index contributed by atoms with van der Waals surface area (Å²) < 4.78 is 3.16. The number of hydrogen-bond donors (Lipinski definition) is 1. The van der Waals surface area contributed by atoms with Crippen molar-refractivity contribution in [3.8, 4) is 11.3 Å². The van der Waals surface area contributed by atoms with E-state index < -0.39 is 0 Å². The van der Waals surface area contributed by atoms with Crippen molar-refractivity contribution in [1.29, 1.82) is 0 Å². The summed E-state index contributed by atoms with van der Waals surface area (Å²) in [7, 11) is 0. The van der Waals surface area contributed by atoms with Crippen LogP contribution in [0.25, 0.3) is 16.9 Å². The molecule has 24 heavy (non-hydrogen) atoms. The van der Waals surface area contributed by atoms with Gasteiger partial charge >= 0.3 is 0 Å². The van der Waals surface area contributed by atoms with E-state index in [9.17, 15) is 0 Å². The molecule has 0 aliphatic carbocycles. The number of nitrogens with zero attached hydrogens (tertiary/aromatic N) is 2. The maximum Gasteiger partial charge on any atom is 0.139 e. The van der Waals surface area contributed by atoms with E-state index >= 15 is 0 Å². The van der Waals surface area contributed by atoms with E-state index in [1.165, 1.54) is 5.56 Å². The Bertz CT molecular complexity index is 959. The smallest absolute Gasteiger partial charge is 0.139 e. The number of aromatic nitrogens is 2. The fraction of sp³-hybridized carbons (Fsp3) is 0.0500. The second-order valence-electron chi connectivity index (χ2n) is 5.58. The van der Waals surface area contributed by atoms with Gasteiger partial charge in [0.2, 0.25) is 0 Å². The number of nitrogens with one attached hydrogen (secondary N) is 1. The Morgan fingerprint density at radius 2 is 1.62 bits per heavy atom. The normalized spacial score (nSPS) is 10.9. The van der Waals surface area contributed by atoms with Gasteiger partial charge < -0.3 is 5.32 Å². The lowest BCUT2D eigenvalue weighted by molar-refractivity contribution is 1.08. The van der Waals surface area contributed by atoms with E-state index in [1.54, 1.807) is 0 Å². The topological polar surface area (TPSA) is 29.3 Å². The van der Waals surface area contributed by atoms with Crippen molar-refractivity contribution >= 4 is 27.4 Å². The molecule has 2 aromatic heterocycles. The monoisotopic (exact) mass is 377 g/mol. The fourth-order valence-electron chi connectivity index (χ4n) is 2.76. The SMILES string of the molecule is Brc1ccc(-c2nc3ccccn3c2NCc2ccccc2)cc1. The Morgan fingerprint density at radius 1 is 0.875 bits per heavy atom. The molecule has 0 amide bonds. The van der Waals surface area contributed by atoms with Gasteiger partial charge in [-0.05, 0) is 29.8 Å². The zero-order chi connectivity index (χ0) is 16.4. The van der Waals surface area contributed by atoms with Crippen molar-refractivity contribution in [3.63, 3.8) is 0 Å². The second-order valence-corrected chi connectivity index (χ2v) is 6.50. The highest BCUT2D eigenvalue weighted by Crippen LogP contribution is 2.30. The Balaban J connectivity index is 1.77. The van der Waals surface area contributed by atoms with Crippen molar-refractivity contribution in [3.05, 3.63) is 89.0 Å². The lowest BCUT2D eigenvalue weighted by Crippen LogP contribution is -2.03. The van der Waals surface area contributed by atoms with Gasteiger partial charge in [-0.3, -0.25) is 4.40 Å². The summed E-state index contributed by atoms with van der Waals surface area (Å²) in [6.07, 6.45) is 2.04. The number of anilines is 1. The molecule has 4 aromatic rings. The number of fused-ring (bicyclic) bond motifs is 1. The molecule has 0 atom stereocenters. The summed E-state index contributed by atoms with van der Waals surface area (Å²) in [5.41, 5.74) is 4.23. The van der Waals surface area contributed by atoms with Crippen LogP contribution in [-0.2, 0) is 6.54 Å². The molecule has 3 nitrogen and oxygen atoms in total. The largest absolute Gasteiger partial charge is 0.365 e. The molecule has 0 fully saturated rings. The molecule has 0 spiro atoms. The van der Waals surface area contributed by atoms with Gasteiger partial charge in [-0.1, -0.05) is 64.5 Å². The van der Waals surface area contributed by atoms with Gasteiger partial charge in [0.15, 0.2) is 0 Å². The van der Waals surface area contributed by atoms with Crippen molar-refractivity contribution in [2.45, 2.75) is 6.54 Å². The average Bonchev–Trinajstić information content (AvgIpc) is 3.00. The Labute approximate surface area is 149 Å². The summed E-state index contributed by atoms with van der Waals surface area (Å²) in [4.78, 5) is 4.81. The summed E-state index contributed by atoms with van der Waals surface area (Å²) >= 11 is 3.49. The van der Waals surface area contributed by atoms with Crippen LogP contribution in [0.1, 0.15) is 5.56 Å². The Kier molecular flexibility index (Phi) is 4.05. The van der Waals surface area contributed by atoms with E-state index in [2.05, 4.69) is 62.0 Å². The molecule has 1 N–H and O–H groups in total. The van der Waals surface area contributed by atoms with Crippen LogP contribution < -0.4 is 5.32 Å². The maximum atomic E-state index is 4.81. The molecule has 0 saturated carbocycles. The number of halogens is 1. The van der Waals surface area contributed by atoms with Crippen LogP contribution >= 0.6 is 15.9 Å². The minimum absolute atomic E-state index is 0.757. The van der Waals surface area contributed by atoms with Crippen LogP contribution in [0.3, 0.4) is 0 Å². The fourth-order valence-corrected chi connectivity index (χ4v) is 3.02. The zero-order valence-corrected chi connectivity index (χ0v) is 14.6. The van der Waals surface area contributed by atoms with Gasteiger partial charge in [-0.15, -0.1) is 0 Å². The molecule has 0 aliphatic heterocycles. The van der Waals surface area contributed by atoms with Crippen LogP contribution in [0.15, 0.2) is 83.5 Å². The first-order valence-corrected chi connectivity index (χ1v) is 8.61. The van der Waals surface area contributed by atoms with Crippen LogP contribution in [-0.4, -0.2) is 9.38 Å². The lowest BCUT2D eigenvalue weighted by Gasteiger charge is -2.09. The number of imidazole rings is 1. The van der Waals surface area contributed by atoms with Crippen LogP contribution in [0, 0.1) is 0 Å². The number of rotatable bonds is 4. The van der Waals surface area contributed by atoms with Crippen LogP contribution in [0.5, 0.6) is 0 Å². The average molecular weight is 378 g/mol. The van der Waals surface area contributed by atoms with E-state index in [4.69, 9.17) is 4.98 Å². The minimum Gasteiger partial charge on any atom is -0.365 e. The van der Waals surface area contributed by atoms with Crippen molar-refractivity contribution in [2.24, 2.45) is 0 Å². The van der Waals surface area contributed by atoms with Gasteiger partial charge in [-0.2, -0.15) is 0 Å². The molecule has 4 heteroatoms.